The molecule has 3 aromatic rings. The summed E-state index contributed by atoms with van der Waals surface area (Å²) in [6, 6.07) is 12.4. The van der Waals surface area contributed by atoms with Crippen molar-refractivity contribution in [2.75, 3.05) is 17.4 Å². The van der Waals surface area contributed by atoms with Crippen molar-refractivity contribution in [2.45, 2.75) is 31.1 Å². The monoisotopic (exact) mass is 466 g/mol. The minimum absolute atomic E-state index is 0.123. The lowest BCUT2D eigenvalue weighted by molar-refractivity contribution is 0.116. The number of anilines is 1. The SMILES string of the molecule is O=S(=O)(C1CCNCC1)N(Cc1ccc(-c2nnc(C(F)F)o2)cc1F)c1ccccc1. The fraction of sp³-hybridized carbons (Fsp3) is 0.333. The zero-order valence-electron chi connectivity index (χ0n) is 16.9. The Morgan fingerprint density at radius 1 is 1.09 bits per heavy atom. The minimum atomic E-state index is -3.76. The first kappa shape index (κ1) is 22.3. The van der Waals surface area contributed by atoms with Crippen molar-refractivity contribution in [3.8, 4) is 11.5 Å². The number of nitrogens with one attached hydrogen (secondary N) is 1. The molecular weight excluding hydrogens is 445 g/mol. The average molecular weight is 466 g/mol. The number of nitrogens with zero attached hydrogens (tertiary/aromatic N) is 3. The Labute approximate surface area is 183 Å². The fourth-order valence-electron chi connectivity index (χ4n) is 3.60. The second-order valence-electron chi connectivity index (χ2n) is 7.39. The van der Waals surface area contributed by atoms with Crippen molar-refractivity contribution in [3.63, 3.8) is 0 Å². The number of piperidine rings is 1. The number of hydrogen-bond acceptors (Lipinski definition) is 6. The van der Waals surface area contributed by atoms with Crippen molar-refractivity contribution in [3.05, 3.63) is 65.8 Å². The third kappa shape index (κ3) is 4.63. The van der Waals surface area contributed by atoms with Gasteiger partial charge < -0.3 is 9.73 Å². The normalized spacial score (nSPS) is 15.2. The summed E-state index contributed by atoms with van der Waals surface area (Å²) >= 11 is 0. The number of sulfonamides is 1. The molecule has 1 fully saturated rings. The summed E-state index contributed by atoms with van der Waals surface area (Å²) in [5.74, 6) is -1.80. The lowest BCUT2D eigenvalue weighted by atomic mass is 10.1. The Morgan fingerprint density at radius 2 is 1.81 bits per heavy atom. The molecule has 0 saturated carbocycles. The summed E-state index contributed by atoms with van der Waals surface area (Å²) in [5, 5.41) is 9.32. The van der Waals surface area contributed by atoms with Gasteiger partial charge in [-0.3, -0.25) is 4.31 Å². The van der Waals surface area contributed by atoms with Crippen LogP contribution >= 0.6 is 0 Å². The first-order chi connectivity index (χ1) is 15.4. The highest BCUT2D eigenvalue weighted by atomic mass is 32.2. The van der Waals surface area contributed by atoms with E-state index in [4.69, 9.17) is 4.42 Å². The molecular formula is C21H21F3N4O3S. The first-order valence-electron chi connectivity index (χ1n) is 10.0. The van der Waals surface area contributed by atoms with Crippen LogP contribution in [0.1, 0.15) is 30.7 Å². The van der Waals surface area contributed by atoms with Gasteiger partial charge in [-0.2, -0.15) is 8.78 Å². The maximum atomic E-state index is 14.9. The van der Waals surface area contributed by atoms with E-state index in [1.54, 1.807) is 30.3 Å². The molecule has 0 aliphatic carbocycles. The van der Waals surface area contributed by atoms with Gasteiger partial charge >= 0.3 is 6.43 Å². The van der Waals surface area contributed by atoms with Crippen LogP contribution in [0.25, 0.3) is 11.5 Å². The van der Waals surface area contributed by atoms with E-state index in [1.807, 2.05) is 0 Å². The molecule has 0 spiro atoms. The van der Waals surface area contributed by atoms with Crippen LogP contribution in [0.15, 0.2) is 52.9 Å². The molecule has 1 aliphatic rings. The quantitative estimate of drug-likeness (QED) is 0.568. The van der Waals surface area contributed by atoms with Crippen molar-refractivity contribution in [2.24, 2.45) is 0 Å². The number of benzene rings is 2. The molecule has 2 aromatic carbocycles. The number of hydrogen-bond donors (Lipinski definition) is 1. The maximum absolute atomic E-state index is 14.9. The van der Waals surface area contributed by atoms with E-state index in [0.29, 0.717) is 31.6 Å². The van der Waals surface area contributed by atoms with Gasteiger partial charge in [0.15, 0.2) is 0 Å². The van der Waals surface area contributed by atoms with Crippen LogP contribution in [-0.4, -0.2) is 37.0 Å². The van der Waals surface area contributed by atoms with Crippen LogP contribution in [0.3, 0.4) is 0 Å². The van der Waals surface area contributed by atoms with Gasteiger partial charge in [0.2, 0.25) is 15.9 Å². The second kappa shape index (κ2) is 9.29. The highest BCUT2D eigenvalue weighted by Crippen LogP contribution is 2.29. The van der Waals surface area contributed by atoms with E-state index in [1.165, 1.54) is 16.4 Å². The van der Waals surface area contributed by atoms with Gasteiger partial charge in [0.1, 0.15) is 5.82 Å². The van der Waals surface area contributed by atoms with E-state index in [2.05, 4.69) is 15.5 Å². The van der Waals surface area contributed by atoms with Crippen LogP contribution < -0.4 is 9.62 Å². The van der Waals surface area contributed by atoms with Crippen LogP contribution in [0, 0.1) is 5.82 Å². The molecule has 0 bridgehead atoms. The zero-order valence-corrected chi connectivity index (χ0v) is 17.7. The van der Waals surface area contributed by atoms with Crippen LogP contribution in [-0.2, 0) is 16.6 Å². The van der Waals surface area contributed by atoms with Gasteiger partial charge in [-0.05, 0) is 50.2 Å². The topological polar surface area (TPSA) is 88.3 Å². The average Bonchev–Trinajstić information content (AvgIpc) is 3.30. The highest BCUT2D eigenvalue weighted by Gasteiger charge is 2.34. The molecule has 11 heteroatoms. The molecule has 7 nitrogen and oxygen atoms in total. The molecule has 0 atom stereocenters. The lowest BCUT2D eigenvalue weighted by Crippen LogP contribution is -2.44. The van der Waals surface area contributed by atoms with Crippen molar-refractivity contribution < 1.29 is 26.0 Å². The Bertz CT molecular complexity index is 1170. The van der Waals surface area contributed by atoms with E-state index in [0.717, 1.165) is 6.07 Å². The van der Waals surface area contributed by atoms with Gasteiger partial charge in [-0.1, -0.05) is 24.3 Å². The van der Waals surface area contributed by atoms with E-state index >= 15 is 0 Å². The third-order valence-electron chi connectivity index (χ3n) is 5.30. The second-order valence-corrected chi connectivity index (χ2v) is 9.53. The molecule has 0 amide bonds. The van der Waals surface area contributed by atoms with Crippen molar-refractivity contribution in [1.82, 2.24) is 15.5 Å². The summed E-state index contributed by atoms with van der Waals surface area (Å²) in [4.78, 5) is 0. The molecule has 1 N–H and O–H groups in total. The molecule has 0 radical (unpaired) electrons. The molecule has 1 aliphatic heterocycles. The van der Waals surface area contributed by atoms with Crippen molar-refractivity contribution in [1.29, 1.82) is 0 Å². The van der Waals surface area contributed by atoms with Gasteiger partial charge in [0, 0.05) is 11.1 Å². The minimum Gasteiger partial charge on any atom is -0.415 e. The number of para-hydroxylation sites is 1. The number of aromatic nitrogens is 2. The van der Waals surface area contributed by atoms with Crippen LogP contribution in [0.2, 0.25) is 0 Å². The zero-order chi connectivity index (χ0) is 22.7. The first-order valence-corrected chi connectivity index (χ1v) is 11.5. The van der Waals surface area contributed by atoms with E-state index in [-0.39, 0.29) is 23.6 Å². The molecule has 170 valence electrons. The summed E-state index contributed by atoms with van der Waals surface area (Å²) in [6.45, 7) is 0.981. The van der Waals surface area contributed by atoms with Crippen molar-refractivity contribution >= 4 is 15.7 Å². The predicted octanol–water partition coefficient (Wildman–Crippen LogP) is 3.90. The Balaban J connectivity index is 1.65. The molecule has 0 unspecified atom stereocenters. The molecule has 32 heavy (non-hydrogen) atoms. The molecule has 4 rings (SSSR count). The van der Waals surface area contributed by atoms with Crippen LogP contribution in [0.4, 0.5) is 18.9 Å². The Morgan fingerprint density at radius 3 is 2.44 bits per heavy atom. The Hall–Kier alpha value is -2.92. The van der Waals surface area contributed by atoms with Gasteiger partial charge in [0.05, 0.1) is 17.5 Å². The van der Waals surface area contributed by atoms with Gasteiger partial charge in [-0.15, -0.1) is 10.2 Å². The van der Waals surface area contributed by atoms with Gasteiger partial charge in [0.25, 0.3) is 5.89 Å². The largest absolute Gasteiger partial charge is 0.415 e. The summed E-state index contributed by atoms with van der Waals surface area (Å²) in [5.41, 5.74) is 0.690. The Kier molecular flexibility index (Phi) is 6.47. The van der Waals surface area contributed by atoms with Gasteiger partial charge in [-0.25, -0.2) is 12.8 Å². The standard InChI is InChI=1S/C21H21F3N4O3S/c22-18-12-14(20-26-27-21(31-20)19(23)24)6-7-15(18)13-28(16-4-2-1-3-5-16)32(29,30)17-8-10-25-11-9-17/h1-7,12,17,19,25H,8-11,13H2. The van der Waals surface area contributed by atoms with E-state index in [9.17, 15) is 21.6 Å². The smallest absolute Gasteiger partial charge is 0.314 e. The lowest BCUT2D eigenvalue weighted by Gasteiger charge is -2.31. The number of alkyl halides is 2. The summed E-state index contributed by atoms with van der Waals surface area (Å²) in [6.07, 6.45) is -1.99. The fourth-order valence-corrected chi connectivity index (χ4v) is 5.52. The number of halogens is 3. The molecule has 1 saturated heterocycles. The highest BCUT2D eigenvalue weighted by molar-refractivity contribution is 7.93. The summed E-state index contributed by atoms with van der Waals surface area (Å²) in [7, 11) is -3.76. The number of rotatable bonds is 7. The molecule has 1 aromatic heterocycles. The van der Waals surface area contributed by atoms with Crippen LogP contribution in [0.5, 0.6) is 0 Å². The maximum Gasteiger partial charge on any atom is 0.314 e. The predicted molar refractivity (Wildman–Crippen MR) is 112 cm³/mol. The summed E-state index contributed by atoms with van der Waals surface area (Å²) < 4.78 is 73.2. The van der Waals surface area contributed by atoms with E-state index < -0.39 is 33.4 Å². The molecule has 2 heterocycles. The third-order valence-corrected chi connectivity index (χ3v) is 7.57.